The van der Waals surface area contributed by atoms with Crippen LogP contribution in [0.2, 0.25) is 0 Å². The highest BCUT2D eigenvalue weighted by Crippen LogP contribution is 2.21. The standard InChI is InChI=1S/C16H22N4O/c1-5-7-12-8-6-9-13(10-12)14-18-15(17-4)20-16(19-14)21-11(2)3/h6,8-11H,5,7H2,1-4H3,(H,17,18,19,20). The molecule has 1 N–H and O–H groups in total. The van der Waals surface area contributed by atoms with E-state index in [0.29, 0.717) is 17.8 Å². The van der Waals surface area contributed by atoms with E-state index in [2.05, 4.69) is 39.3 Å². The molecule has 2 aromatic rings. The van der Waals surface area contributed by atoms with Gasteiger partial charge in [-0.3, -0.25) is 0 Å². The van der Waals surface area contributed by atoms with Crippen molar-refractivity contribution >= 4 is 5.95 Å². The van der Waals surface area contributed by atoms with Crippen LogP contribution in [0.25, 0.3) is 11.4 Å². The van der Waals surface area contributed by atoms with Crippen LogP contribution in [0.3, 0.4) is 0 Å². The molecular formula is C16H22N4O. The summed E-state index contributed by atoms with van der Waals surface area (Å²) in [5.41, 5.74) is 2.27. The fourth-order valence-corrected chi connectivity index (χ4v) is 2.02. The Hall–Kier alpha value is -2.17. The van der Waals surface area contributed by atoms with E-state index < -0.39 is 0 Å². The molecule has 1 aromatic heterocycles. The normalized spacial score (nSPS) is 10.7. The minimum atomic E-state index is 0.0244. The highest BCUT2D eigenvalue weighted by atomic mass is 16.5. The first-order chi connectivity index (χ1) is 10.1. The first-order valence-corrected chi connectivity index (χ1v) is 7.32. The largest absolute Gasteiger partial charge is 0.461 e. The molecule has 5 nitrogen and oxygen atoms in total. The monoisotopic (exact) mass is 286 g/mol. The van der Waals surface area contributed by atoms with Gasteiger partial charge in [-0.05, 0) is 31.9 Å². The van der Waals surface area contributed by atoms with Gasteiger partial charge < -0.3 is 10.1 Å². The van der Waals surface area contributed by atoms with Crippen LogP contribution in [-0.2, 0) is 6.42 Å². The third-order valence-corrected chi connectivity index (χ3v) is 2.90. The van der Waals surface area contributed by atoms with Crippen molar-refractivity contribution in [2.45, 2.75) is 39.7 Å². The lowest BCUT2D eigenvalue weighted by molar-refractivity contribution is 0.222. The van der Waals surface area contributed by atoms with Crippen molar-refractivity contribution in [3.05, 3.63) is 29.8 Å². The summed E-state index contributed by atoms with van der Waals surface area (Å²) >= 11 is 0. The van der Waals surface area contributed by atoms with Crippen molar-refractivity contribution in [3.8, 4) is 17.4 Å². The highest BCUT2D eigenvalue weighted by Gasteiger charge is 2.10. The Morgan fingerprint density at radius 3 is 2.67 bits per heavy atom. The number of hydrogen-bond acceptors (Lipinski definition) is 5. The molecule has 112 valence electrons. The molecule has 0 atom stereocenters. The van der Waals surface area contributed by atoms with Crippen molar-refractivity contribution in [3.63, 3.8) is 0 Å². The molecule has 0 saturated heterocycles. The number of anilines is 1. The second-order valence-electron chi connectivity index (χ2n) is 5.13. The zero-order valence-corrected chi connectivity index (χ0v) is 13.1. The molecule has 0 fully saturated rings. The first-order valence-electron chi connectivity index (χ1n) is 7.32. The fourth-order valence-electron chi connectivity index (χ4n) is 2.02. The molecule has 0 aliphatic heterocycles. The van der Waals surface area contributed by atoms with E-state index in [9.17, 15) is 0 Å². The number of ether oxygens (including phenoxy) is 1. The SMILES string of the molecule is CCCc1cccc(-c2nc(NC)nc(OC(C)C)n2)c1. The lowest BCUT2D eigenvalue weighted by Crippen LogP contribution is -2.11. The third-order valence-electron chi connectivity index (χ3n) is 2.90. The Bertz CT molecular complexity index is 599. The van der Waals surface area contributed by atoms with E-state index in [-0.39, 0.29) is 6.10 Å². The van der Waals surface area contributed by atoms with Crippen LogP contribution in [0.1, 0.15) is 32.8 Å². The summed E-state index contributed by atoms with van der Waals surface area (Å²) in [6.07, 6.45) is 2.19. The maximum atomic E-state index is 5.59. The van der Waals surface area contributed by atoms with Gasteiger partial charge in [0.2, 0.25) is 5.95 Å². The lowest BCUT2D eigenvalue weighted by Gasteiger charge is -2.10. The Morgan fingerprint density at radius 1 is 1.19 bits per heavy atom. The van der Waals surface area contributed by atoms with Crippen molar-refractivity contribution < 1.29 is 4.74 Å². The topological polar surface area (TPSA) is 59.9 Å². The van der Waals surface area contributed by atoms with Crippen LogP contribution in [-0.4, -0.2) is 28.1 Å². The van der Waals surface area contributed by atoms with Crippen molar-refractivity contribution in [1.29, 1.82) is 0 Å². The Balaban J connectivity index is 2.39. The van der Waals surface area contributed by atoms with Gasteiger partial charge in [-0.2, -0.15) is 15.0 Å². The quantitative estimate of drug-likeness (QED) is 0.882. The molecule has 0 aliphatic rings. The summed E-state index contributed by atoms with van der Waals surface area (Å²) in [4.78, 5) is 13.0. The predicted octanol–water partition coefficient (Wildman–Crippen LogP) is 3.32. The van der Waals surface area contributed by atoms with Gasteiger partial charge in [0, 0.05) is 12.6 Å². The molecule has 1 heterocycles. The van der Waals surface area contributed by atoms with Crippen LogP contribution >= 0.6 is 0 Å². The van der Waals surface area contributed by atoms with Crippen LogP contribution < -0.4 is 10.1 Å². The Labute approximate surface area is 125 Å². The smallest absolute Gasteiger partial charge is 0.322 e. The minimum Gasteiger partial charge on any atom is -0.461 e. The van der Waals surface area contributed by atoms with Gasteiger partial charge in [0.1, 0.15) is 0 Å². The maximum Gasteiger partial charge on any atom is 0.322 e. The van der Waals surface area contributed by atoms with E-state index >= 15 is 0 Å². The Morgan fingerprint density at radius 2 is 2.00 bits per heavy atom. The average molecular weight is 286 g/mol. The van der Waals surface area contributed by atoms with E-state index in [4.69, 9.17) is 4.74 Å². The molecule has 1 aromatic carbocycles. The van der Waals surface area contributed by atoms with Crippen LogP contribution in [0, 0.1) is 0 Å². The molecule has 0 radical (unpaired) electrons. The number of aryl methyl sites for hydroxylation is 1. The number of benzene rings is 1. The van der Waals surface area contributed by atoms with Crippen LogP contribution in [0.5, 0.6) is 6.01 Å². The summed E-state index contributed by atoms with van der Waals surface area (Å²) in [5, 5.41) is 2.95. The number of nitrogens with one attached hydrogen (secondary N) is 1. The van der Waals surface area contributed by atoms with Gasteiger partial charge in [0.05, 0.1) is 6.10 Å². The summed E-state index contributed by atoms with van der Waals surface area (Å²) in [6.45, 7) is 6.07. The first kappa shape index (κ1) is 15.2. The van der Waals surface area contributed by atoms with Crippen LogP contribution in [0.15, 0.2) is 24.3 Å². The van der Waals surface area contributed by atoms with Gasteiger partial charge in [-0.15, -0.1) is 0 Å². The van der Waals surface area contributed by atoms with E-state index in [0.717, 1.165) is 18.4 Å². The summed E-state index contributed by atoms with van der Waals surface area (Å²) in [7, 11) is 1.78. The second kappa shape index (κ2) is 7.02. The van der Waals surface area contributed by atoms with Crippen LogP contribution in [0.4, 0.5) is 5.95 Å². The summed E-state index contributed by atoms with van der Waals surface area (Å²) in [6, 6.07) is 8.63. The second-order valence-corrected chi connectivity index (χ2v) is 5.13. The van der Waals surface area contributed by atoms with E-state index in [1.54, 1.807) is 7.05 Å². The summed E-state index contributed by atoms with van der Waals surface area (Å²) in [5.74, 6) is 1.14. The maximum absolute atomic E-state index is 5.59. The Kier molecular flexibility index (Phi) is 5.09. The van der Waals surface area contributed by atoms with Crippen molar-refractivity contribution in [2.24, 2.45) is 0 Å². The molecule has 21 heavy (non-hydrogen) atoms. The minimum absolute atomic E-state index is 0.0244. The molecule has 0 spiro atoms. The molecule has 5 heteroatoms. The van der Waals surface area contributed by atoms with Gasteiger partial charge in [-0.1, -0.05) is 31.5 Å². The molecule has 0 aliphatic carbocycles. The molecule has 0 bridgehead atoms. The molecule has 0 saturated carbocycles. The molecular weight excluding hydrogens is 264 g/mol. The van der Waals surface area contributed by atoms with Crippen molar-refractivity contribution in [1.82, 2.24) is 15.0 Å². The fraction of sp³-hybridized carbons (Fsp3) is 0.438. The van der Waals surface area contributed by atoms with E-state index in [1.165, 1.54) is 5.56 Å². The van der Waals surface area contributed by atoms with Crippen molar-refractivity contribution in [2.75, 3.05) is 12.4 Å². The zero-order valence-electron chi connectivity index (χ0n) is 13.1. The molecule has 0 amide bonds. The zero-order chi connectivity index (χ0) is 15.2. The summed E-state index contributed by atoms with van der Waals surface area (Å²) < 4.78 is 5.59. The van der Waals surface area contributed by atoms with Gasteiger partial charge in [-0.25, -0.2) is 0 Å². The van der Waals surface area contributed by atoms with E-state index in [1.807, 2.05) is 26.0 Å². The molecule has 0 unspecified atom stereocenters. The number of nitrogens with zero attached hydrogens (tertiary/aromatic N) is 3. The third kappa shape index (κ3) is 4.15. The number of rotatable bonds is 6. The number of hydrogen-bond donors (Lipinski definition) is 1. The molecule has 2 rings (SSSR count). The van der Waals surface area contributed by atoms with Gasteiger partial charge in [0.15, 0.2) is 5.82 Å². The predicted molar refractivity (Wildman–Crippen MR) is 84.6 cm³/mol. The van der Waals surface area contributed by atoms with Gasteiger partial charge in [0.25, 0.3) is 0 Å². The lowest BCUT2D eigenvalue weighted by atomic mass is 10.1. The van der Waals surface area contributed by atoms with Gasteiger partial charge >= 0.3 is 6.01 Å². The highest BCUT2D eigenvalue weighted by molar-refractivity contribution is 5.57. The average Bonchev–Trinajstić information content (AvgIpc) is 2.47. The number of aromatic nitrogens is 3.